The number of aromatic nitrogens is 1. The van der Waals surface area contributed by atoms with Crippen molar-refractivity contribution >= 4 is 17.5 Å². The van der Waals surface area contributed by atoms with Crippen LogP contribution in [0.15, 0.2) is 24.5 Å². The van der Waals surface area contributed by atoms with Gasteiger partial charge in [-0.3, -0.25) is 14.6 Å². The Labute approximate surface area is 179 Å². The summed E-state index contributed by atoms with van der Waals surface area (Å²) in [7, 11) is 0. The molecule has 1 atom stereocenters. The van der Waals surface area contributed by atoms with Gasteiger partial charge in [-0.1, -0.05) is 0 Å². The number of anilines is 1. The normalized spacial score (nSPS) is 25.0. The van der Waals surface area contributed by atoms with Gasteiger partial charge in [0.1, 0.15) is 0 Å². The van der Waals surface area contributed by atoms with Gasteiger partial charge in [-0.05, 0) is 68.4 Å². The van der Waals surface area contributed by atoms with E-state index in [1.807, 2.05) is 34.3 Å². The van der Waals surface area contributed by atoms with E-state index in [0.29, 0.717) is 24.9 Å². The highest BCUT2D eigenvalue weighted by Gasteiger charge is 2.43. The van der Waals surface area contributed by atoms with E-state index in [9.17, 15) is 9.59 Å². The van der Waals surface area contributed by atoms with E-state index in [1.54, 1.807) is 0 Å². The molecule has 1 aromatic rings. The first kappa shape index (κ1) is 19.8. The third kappa shape index (κ3) is 4.47. The van der Waals surface area contributed by atoms with Gasteiger partial charge in [-0.25, -0.2) is 0 Å². The van der Waals surface area contributed by atoms with Crippen LogP contribution in [-0.2, 0) is 9.59 Å². The molecule has 4 fully saturated rings. The molecule has 3 heterocycles. The molecule has 1 unspecified atom stereocenters. The van der Waals surface area contributed by atoms with Crippen molar-refractivity contribution in [1.82, 2.24) is 14.8 Å². The lowest BCUT2D eigenvalue weighted by Gasteiger charge is -2.26. The molecular weight excluding hydrogens is 376 g/mol. The Hall–Kier alpha value is -2.11. The molecule has 162 valence electrons. The summed E-state index contributed by atoms with van der Waals surface area (Å²) in [6.07, 6.45) is 11.5. The van der Waals surface area contributed by atoms with Gasteiger partial charge in [0, 0.05) is 63.8 Å². The molecule has 0 bridgehead atoms. The van der Waals surface area contributed by atoms with Crippen molar-refractivity contribution in [3.8, 4) is 0 Å². The number of rotatable bonds is 6. The molecule has 0 spiro atoms. The van der Waals surface area contributed by atoms with Crippen LogP contribution in [0.3, 0.4) is 0 Å². The molecule has 0 N–H and O–H groups in total. The molecule has 1 aromatic heterocycles. The Balaban J connectivity index is 1.13. The molecule has 6 nitrogen and oxygen atoms in total. The van der Waals surface area contributed by atoms with Crippen LogP contribution in [0.5, 0.6) is 0 Å². The number of carbonyl (C=O) groups is 2. The topological polar surface area (TPSA) is 56.8 Å². The van der Waals surface area contributed by atoms with Crippen LogP contribution in [0.4, 0.5) is 5.69 Å². The van der Waals surface area contributed by atoms with Gasteiger partial charge in [0.05, 0.1) is 5.92 Å². The molecule has 4 aliphatic rings. The molecule has 6 heteroatoms. The standard InChI is InChI=1S/C24H34N4O2/c29-23(16-22(18-2-3-18)19-4-5-19)26-11-1-12-27(15-14-26)24(30)20-8-13-28(17-20)21-6-9-25-10-7-21/h6-7,9-10,18-20,22H,1-5,8,11-17H2. The fraction of sp³-hybridized carbons (Fsp3) is 0.708. The largest absolute Gasteiger partial charge is 0.371 e. The van der Waals surface area contributed by atoms with E-state index >= 15 is 0 Å². The summed E-state index contributed by atoms with van der Waals surface area (Å²) in [5, 5.41) is 0. The van der Waals surface area contributed by atoms with Crippen molar-refractivity contribution in [2.75, 3.05) is 44.2 Å². The van der Waals surface area contributed by atoms with E-state index in [-0.39, 0.29) is 11.8 Å². The van der Waals surface area contributed by atoms with Crippen molar-refractivity contribution < 1.29 is 9.59 Å². The Kier molecular flexibility index (Phi) is 5.66. The zero-order chi connectivity index (χ0) is 20.5. The van der Waals surface area contributed by atoms with E-state index in [1.165, 1.54) is 25.7 Å². The van der Waals surface area contributed by atoms with Crippen LogP contribution in [0, 0.1) is 23.7 Å². The average Bonchev–Trinajstić information content (AvgIpc) is 3.69. The first-order chi connectivity index (χ1) is 14.7. The predicted molar refractivity (Wildman–Crippen MR) is 116 cm³/mol. The van der Waals surface area contributed by atoms with Gasteiger partial charge < -0.3 is 14.7 Å². The minimum Gasteiger partial charge on any atom is -0.371 e. The number of hydrogen-bond acceptors (Lipinski definition) is 4. The van der Waals surface area contributed by atoms with E-state index < -0.39 is 0 Å². The molecule has 2 saturated heterocycles. The van der Waals surface area contributed by atoms with Gasteiger partial charge in [0.15, 0.2) is 0 Å². The zero-order valence-corrected chi connectivity index (χ0v) is 17.9. The van der Waals surface area contributed by atoms with Gasteiger partial charge in [0.25, 0.3) is 0 Å². The van der Waals surface area contributed by atoms with Crippen LogP contribution in [0.25, 0.3) is 0 Å². The third-order valence-corrected chi connectivity index (χ3v) is 7.59. The second-order valence-electron chi connectivity index (χ2n) is 9.74. The minimum atomic E-state index is 0.0644. The lowest BCUT2D eigenvalue weighted by atomic mass is 9.93. The summed E-state index contributed by atoms with van der Waals surface area (Å²) in [6.45, 7) is 4.68. The van der Waals surface area contributed by atoms with Gasteiger partial charge in [-0.2, -0.15) is 0 Å². The Morgan fingerprint density at radius 3 is 2.27 bits per heavy atom. The summed E-state index contributed by atoms with van der Waals surface area (Å²) in [5.74, 6) is 2.94. The van der Waals surface area contributed by atoms with Crippen LogP contribution in [-0.4, -0.2) is 65.9 Å². The molecule has 0 radical (unpaired) electrons. The monoisotopic (exact) mass is 410 g/mol. The molecular formula is C24H34N4O2. The highest BCUT2D eigenvalue weighted by Crippen LogP contribution is 2.50. The van der Waals surface area contributed by atoms with Crippen LogP contribution in [0.2, 0.25) is 0 Å². The number of amides is 2. The fourth-order valence-corrected chi connectivity index (χ4v) is 5.49. The molecule has 2 saturated carbocycles. The maximum Gasteiger partial charge on any atom is 0.227 e. The van der Waals surface area contributed by atoms with Crippen LogP contribution >= 0.6 is 0 Å². The van der Waals surface area contributed by atoms with Crippen molar-refractivity contribution in [2.24, 2.45) is 23.7 Å². The Bertz CT molecular complexity index is 750. The van der Waals surface area contributed by atoms with Gasteiger partial charge in [-0.15, -0.1) is 0 Å². The van der Waals surface area contributed by atoms with Crippen LogP contribution < -0.4 is 4.90 Å². The maximum atomic E-state index is 13.2. The SMILES string of the molecule is O=C(CC(C1CC1)C1CC1)N1CCCN(C(=O)C2CCN(c3ccncc3)C2)CC1. The summed E-state index contributed by atoms with van der Waals surface area (Å²) in [6, 6.07) is 4.03. The lowest BCUT2D eigenvalue weighted by molar-refractivity contribution is -0.136. The molecule has 0 aromatic carbocycles. The summed E-state index contributed by atoms with van der Waals surface area (Å²) < 4.78 is 0. The third-order valence-electron chi connectivity index (χ3n) is 7.59. The highest BCUT2D eigenvalue weighted by atomic mass is 16.2. The zero-order valence-electron chi connectivity index (χ0n) is 17.9. The predicted octanol–water partition coefficient (Wildman–Crippen LogP) is 2.80. The molecule has 5 rings (SSSR count). The van der Waals surface area contributed by atoms with Crippen molar-refractivity contribution in [3.05, 3.63) is 24.5 Å². The van der Waals surface area contributed by atoms with Crippen LogP contribution in [0.1, 0.15) is 44.9 Å². The second kappa shape index (κ2) is 8.56. The second-order valence-corrected chi connectivity index (χ2v) is 9.74. The number of pyridine rings is 1. The number of hydrogen-bond donors (Lipinski definition) is 0. The number of nitrogens with zero attached hydrogens (tertiary/aromatic N) is 4. The van der Waals surface area contributed by atoms with Crippen molar-refractivity contribution in [1.29, 1.82) is 0 Å². The Morgan fingerprint density at radius 1 is 0.900 bits per heavy atom. The maximum absolute atomic E-state index is 13.2. The molecule has 2 aliphatic heterocycles. The first-order valence-corrected chi connectivity index (χ1v) is 11.9. The fourth-order valence-electron chi connectivity index (χ4n) is 5.49. The summed E-state index contributed by atoms with van der Waals surface area (Å²) in [5.41, 5.74) is 1.15. The summed E-state index contributed by atoms with van der Waals surface area (Å²) >= 11 is 0. The smallest absolute Gasteiger partial charge is 0.227 e. The molecule has 2 aliphatic carbocycles. The molecule has 2 amide bonds. The van der Waals surface area contributed by atoms with Gasteiger partial charge >= 0.3 is 0 Å². The number of carbonyl (C=O) groups excluding carboxylic acids is 2. The van der Waals surface area contributed by atoms with E-state index in [2.05, 4.69) is 9.88 Å². The highest BCUT2D eigenvalue weighted by molar-refractivity contribution is 5.81. The molecule has 30 heavy (non-hydrogen) atoms. The van der Waals surface area contributed by atoms with Gasteiger partial charge in [0.2, 0.25) is 11.8 Å². The quantitative estimate of drug-likeness (QED) is 0.724. The van der Waals surface area contributed by atoms with E-state index in [4.69, 9.17) is 0 Å². The average molecular weight is 411 g/mol. The van der Waals surface area contributed by atoms with Crippen molar-refractivity contribution in [3.63, 3.8) is 0 Å². The van der Waals surface area contributed by atoms with Crippen molar-refractivity contribution in [2.45, 2.75) is 44.9 Å². The minimum absolute atomic E-state index is 0.0644. The first-order valence-electron chi connectivity index (χ1n) is 11.9. The summed E-state index contributed by atoms with van der Waals surface area (Å²) in [4.78, 5) is 36.6. The van der Waals surface area contributed by atoms with E-state index in [0.717, 1.165) is 63.0 Å². The Morgan fingerprint density at radius 2 is 1.57 bits per heavy atom. The lowest BCUT2D eigenvalue weighted by Crippen LogP contribution is -2.41.